The first kappa shape index (κ1) is 16.5. The Morgan fingerprint density at radius 2 is 1.71 bits per heavy atom. The Morgan fingerprint density at radius 1 is 1.14 bits per heavy atom. The highest BCUT2D eigenvalue weighted by molar-refractivity contribution is 5.25. The SMILES string of the molecule is CCC(C)(C(O)Cc1ccc(C(C)C)cc1)N1CCCC1. The molecule has 0 aliphatic carbocycles. The van der Waals surface area contributed by atoms with Crippen LogP contribution in [0.3, 0.4) is 0 Å². The van der Waals surface area contributed by atoms with E-state index in [1.807, 2.05) is 0 Å². The first-order chi connectivity index (χ1) is 9.97. The molecular formula is C19H31NO. The Kier molecular flexibility index (Phi) is 5.45. The van der Waals surface area contributed by atoms with Crippen LogP contribution in [0.5, 0.6) is 0 Å². The van der Waals surface area contributed by atoms with Crippen LogP contribution in [0.25, 0.3) is 0 Å². The molecule has 0 saturated carbocycles. The summed E-state index contributed by atoms with van der Waals surface area (Å²) in [6.07, 6.45) is 3.99. The second-order valence-electron chi connectivity index (χ2n) is 7.02. The molecule has 2 heteroatoms. The smallest absolute Gasteiger partial charge is 0.0761 e. The van der Waals surface area contributed by atoms with Gasteiger partial charge in [-0.15, -0.1) is 0 Å². The number of rotatable bonds is 6. The van der Waals surface area contributed by atoms with Crippen molar-refractivity contribution in [3.05, 3.63) is 35.4 Å². The Labute approximate surface area is 130 Å². The molecule has 2 nitrogen and oxygen atoms in total. The van der Waals surface area contributed by atoms with Crippen molar-refractivity contribution in [2.45, 2.75) is 70.9 Å². The lowest BCUT2D eigenvalue weighted by Gasteiger charge is -2.42. The van der Waals surface area contributed by atoms with Gasteiger partial charge >= 0.3 is 0 Å². The number of likely N-dealkylation sites (tertiary alicyclic amines) is 1. The molecule has 1 aromatic rings. The summed E-state index contributed by atoms with van der Waals surface area (Å²) in [6, 6.07) is 8.76. The molecule has 0 radical (unpaired) electrons. The predicted molar refractivity (Wildman–Crippen MR) is 89.7 cm³/mol. The first-order valence-electron chi connectivity index (χ1n) is 8.49. The van der Waals surface area contributed by atoms with E-state index in [0.29, 0.717) is 5.92 Å². The number of hydrogen-bond donors (Lipinski definition) is 1. The van der Waals surface area contributed by atoms with Crippen LogP contribution in [0, 0.1) is 0 Å². The highest BCUT2D eigenvalue weighted by Gasteiger charge is 2.38. The average molecular weight is 289 g/mol. The summed E-state index contributed by atoms with van der Waals surface area (Å²) in [5.41, 5.74) is 2.52. The van der Waals surface area contributed by atoms with Crippen LogP contribution in [0.1, 0.15) is 64.0 Å². The molecule has 2 atom stereocenters. The molecule has 0 spiro atoms. The molecule has 1 aromatic carbocycles. The highest BCUT2D eigenvalue weighted by Crippen LogP contribution is 2.29. The van der Waals surface area contributed by atoms with Crippen LogP contribution in [-0.4, -0.2) is 34.7 Å². The lowest BCUT2D eigenvalue weighted by atomic mass is 9.85. The zero-order valence-corrected chi connectivity index (χ0v) is 14.1. The van der Waals surface area contributed by atoms with Gasteiger partial charge in [-0.05, 0) is 56.3 Å². The maximum absolute atomic E-state index is 10.8. The first-order valence-corrected chi connectivity index (χ1v) is 8.49. The highest BCUT2D eigenvalue weighted by atomic mass is 16.3. The van der Waals surface area contributed by atoms with Gasteiger partial charge in [-0.25, -0.2) is 0 Å². The van der Waals surface area contributed by atoms with E-state index in [1.165, 1.54) is 24.0 Å². The van der Waals surface area contributed by atoms with E-state index in [9.17, 15) is 5.11 Å². The third kappa shape index (κ3) is 3.67. The van der Waals surface area contributed by atoms with Crippen molar-refractivity contribution in [2.24, 2.45) is 0 Å². The van der Waals surface area contributed by atoms with Gasteiger partial charge in [0.2, 0.25) is 0 Å². The van der Waals surface area contributed by atoms with Crippen LogP contribution in [0.2, 0.25) is 0 Å². The zero-order chi connectivity index (χ0) is 15.5. The van der Waals surface area contributed by atoms with Crippen molar-refractivity contribution in [3.63, 3.8) is 0 Å². The molecule has 0 bridgehead atoms. The van der Waals surface area contributed by atoms with Crippen molar-refractivity contribution in [1.29, 1.82) is 0 Å². The van der Waals surface area contributed by atoms with E-state index in [2.05, 4.69) is 56.9 Å². The molecule has 2 unspecified atom stereocenters. The van der Waals surface area contributed by atoms with Crippen molar-refractivity contribution in [3.8, 4) is 0 Å². The lowest BCUT2D eigenvalue weighted by molar-refractivity contribution is -0.0117. The Morgan fingerprint density at radius 3 is 2.19 bits per heavy atom. The molecule has 1 aliphatic heterocycles. The van der Waals surface area contributed by atoms with Gasteiger partial charge in [0.25, 0.3) is 0 Å². The van der Waals surface area contributed by atoms with Crippen LogP contribution in [0.4, 0.5) is 0 Å². The zero-order valence-electron chi connectivity index (χ0n) is 14.1. The topological polar surface area (TPSA) is 23.5 Å². The van der Waals surface area contributed by atoms with Gasteiger partial charge in [0.15, 0.2) is 0 Å². The largest absolute Gasteiger partial charge is 0.391 e. The van der Waals surface area contributed by atoms with Crippen LogP contribution in [-0.2, 0) is 6.42 Å². The Hall–Kier alpha value is -0.860. The summed E-state index contributed by atoms with van der Waals surface area (Å²) in [4.78, 5) is 2.49. The van der Waals surface area contributed by atoms with E-state index < -0.39 is 0 Å². The minimum Gasteiger partial charge on any atom is -0.391 e. The normalized spacial score (nSPS) is 20.7. The summed E-state index contributed by atoms with van der Waals surface area (Å²) < 4.78 is 0. The molecule has 1 heterocycles. The van der Waals surface area contributed by atoms with Gasteiger partial charge in [0, 0.05) is 12.0 Å². The maximum atomic E-state index is 10.8. The molecule has 118 valence electrons. The summed E-state index contributed by atoms with van der Waals surface area (Å²) >= 11 is 0. The molecule has 1 N–H and O–H groups in total. The molecule has 2 rings (SSSR count). The monoisotopic (exact) mass is 289 g/mol. The summed E-state index contributed by atoms with van der Waals surface area (Å²) in [5.74, 6) is 0.564. The van der Waals surface area contributed by atoms with Gasteiger partial charge in [0.1, 0.15) is 0 Å². The minimum absolute atomic E-state index is 0.0901. The second kappa shape index (κ2) is 6.93. The fraction of sp³-hybridized carbons (Fsp3) is 0.684. The minimum atomic E-state index is -0.300. The van der Waals surface area contributed by atoms with Crippen LogP contribution < -0.4 is 0 Å². The summed E-state index contributed by atoms with van der Waals surface area (Å²) in [7, 11) is 0. The third-order valence-electron chi connectivity index (χ3n) is 5.34. The quantitative estimate of drug-likeness (QED) is 0.856. The number of aliphatic hydroxyl groups excluding tert-OH is 1. The van der Waals surface area contributed by atoms with Gasteiger partial charge in [-0.1, -0.05) is 45.0 Å². The van der Waals surface area contributed by atoms with Crippen LogP contribution in [0.15, 0.2) is 24.3 Å². The Balaban J connectivity index is 2.06. The maximum Gasteiger partial charge on any atom is 0.0761 e. The number of nitrogens with zero attached hydrogens (tertiary/aromatic N) is 1. The third-order valence-corrected chi connectivity index (χ3v) is 5.34. The Bertz CT molecular complexity index is 433. The van der Waals surface area contributed by atoms with Gasteiger partial charge < -0.3 is 5.11 Å². The lowest BCUT2D eigenvalue weighted by Crippen LogP contribution is -2.53. The van der Waals surface area contributed by atoms with Crippen molar-refractivity contribution in [2.75, 3.05) is 13.1 Å². The van der Waals surface area contributed by atoms with E-state index in [0.717, 1.165) is 25.9 Å². The second-order valence-corrected chi connectivity index (χ2v) is 7.02. The average Bonchev–Trinajstić information content (AvgIpc) is 3.01. The fourth-order valence-corrected chi connectivity index (χ4v) is 3.38. The van der Waals surface area contributed by atoms with E-state index in [-0.39, 0.29) is 11.6 Å². The van der Waals surface area contributed by atoms with E-state index >= 15 is 0 Å². The van der Waals surface area contributed by atoms with Crippen molar-refractivity contribution >= 4 is 0 Å². The van der Waals surface area contributed by atoms with Gasteiger partial charge in [0.05, 0.1) is 6.10 Å². The molecule has 1 saturated heterocycles. The van der Waals surface area contributed by atoms with Crippen molar-refractivity contribution < 1.29 is 5.11 Å². The van der Waals surface area contributed by atoms with Crippen LogP contribution >= 0.6 is 0 Å². The summed E-state index contributed by atoms with van der Waals surface area (Å²) in [5, 5.41) is 10.8. The van der Waals surface area contributed by atoms with Crippen molar-refractivity contribution in [1.82, 2.24) is 4.90 Å². The van der Waals surface area contributed by atoms with E-state index in [4.69, 9.17) is 0 Å². The molecule has 1 fully saturated rings. The fourth-order valence-electron chi connectivity index (χ4n) is 3.38. The van der Waals surface area contributed by atoms with E-state index in [1.54, 1.807) is 0 Å². The summed E-state index contributed by atoms with van der Waals surface area (Å²) in [6.45, 7) is 11.1. The molecule has 0 amide bonds. The molecule has 0 aromatic heterocycles. The number of hydrogen-bond acceptors (Lipinski definition) is 2. The number of aliphatic hydroxyl groups is 1. The van der Waals surface area contributed by atoms with Gasteiger partial charge in [-0.3, -0.25) is 4.90 Å². The predicted octanol–water partition coefficient (Wildman–Crippen LogP) is 3.98. The molecular weight excluding hydrogens is 258 g/mol. The standard InChI is InChI=1S/C19H31NO/c1-5-19(4,20-12-6-7-13-20)18(21)14-16-8-10-17(11-9-16)15(2)3/h8-11,15,18,21H,5-7,12-14H2,1-4H3. The molecule has 21 heavy (non-hydrogen) atoms. The number of benzene rings is 1. The van der Waals surface area contributed by atoms with Gasteiger partial charge in [-0.2, -0.15) is 0 Å². The molecule has 1 aliphatic rings.